The summed E-state index contributed by atoms with van der Waals surface area (Å²) in [6.07, 6.45) is 10.3. The third kappa shape index (κ3) is 2.85. The summed E-state index contributed by atoms with van der Waals surface area (Å²) < 4.78 is 0. The Kier molecular flexibility index (Phi) is 3.69. The van der Waals surface area contributed by atoms with E-state index in [0.717, 1.165) is 16.7 Å². The van der Waals surface area contributed by atoms with Crippen LogP contribution in [0.25, 0.3) is 34.2 Å². The normalized spacial score (nSPS) is 10.5. The molecule has 0 aliphatic heterocycles. The molecule has 4 rings (SSSR count). The van der Waals surface area contributed by atoms with Crippen molar-refractivity contribution >= 4 is 0 Å². The summed E-state index contributed by atoms with van der Waals surface area (Å²) >= 11 is 0. The van der Waals surface area contributed by atoms with Crippen LogP contribution in [-0.2, 0) is 0 Å². The fourth-order valence-corrected chi connectivity index (χ4v) is 2.36. The second-order valence-electron chi connectivity index (χ2n) is 5.02. The van der Waals surface area contributed by atoms with Gasteiger partial charge in [-0.2, -0.15) is 0 Å². The van der Waals surface area contributed by atoms with Gasteiger partial charge in [0.2, 0.25) is 0 Å². The summed E-state index contributed by atoms with van der Waals surface area (Å²) in [5.41, 5.74) is 2.59. The molecular formula is C18H12N6. The number of aromatic nitrogens is 6. The lowest BCUT2D eigenvalue weighted by molar-refractivity contribution is 1.15. The largest absolute Gasteiger partial charge is 0.237 e. The third-order valence-electron chi connectivity index (χ3n) is 3.40. The second kappa shape index (κ2) is 6.29. The van der Waals surface area contributed by atoms with Gasteiger partial charge in [-0.05, 0) is 36.4 Å². The minimum absolute atomic E-state index is 0.632. The van der Waals surface area contributed by atoms with Gasteiger partial charge in [-0.1, -0.05) is 0 Å². The van der Waals surface area contributed by atoms with Gasteiger partial charge < -0.3 is 0 Å². The molecule has 0 saturated carbocycles. The molecule has 6 nitrogen and oxygen atoms in total. The van der Waals surface area contributed by atoms with E-state index in [1.807, 2.05) is 18.2 Å². The van der Waals surface area contributed by atoms with Gasteiger partial charge >= 0.3 is 0 Å². The molecule has 0 fully saturated rings. The summed E-state index contributed by atoms with van der Waals surface area (Å²) in [5.74, 6) is 1.90. The van der Waals surface area contributed by atoms with Gasteiger partial charge in [0.05, 0.1) is 0 Å². The first-order chi connectivity index (χ1) is 11.9. The van der Waals surface area contributed by atoms with Crippen LogP contribution in [0.4, 0.5) is 0 Å². The van der Waals surface area contributed by atoms with Crippen molar-refractivity contribution in [3.8, 4) is 34.2 Å². The zero-order valence-corrected chi connectivity index (χ0v) is 12.6. The summed E-state index contributed by atoms with van der Waals surface area (Å²) in [6.45, 7) is 0. The van der Waals surface area contributed by atoms with E-state index < -0.39 is 0 Å². The highest BCUT2D eigenvalue weighted by molar-refractivity contribution is 5.74. The molecular weight excluding hydrogens is 300 g/mol. The van der Waals surface area contributed by atoms with Crippen molar-refractivity contribution in [1.82, 2.24) is 29.9 Å². The Morgan fingerprint density at radius 1 is 0.375 bits per heavy atom. The zero-order valence-electron chi connectivity index (χ0n) is 12.6. The van der Waals surface area contributed by atoms with E-state index in [2.05, 4.69) is 29.9 Å². The lowest BCUT2D eigenvalue weighted by atomic mass is 10.0. The van der Waals surface area contributed by atoms with Gasteiger partial charge in [-0.3, -0.25) is 0 Å². The first-order valence-electron chi connectivity index (χ1n) is 7.37. The molecule has 0 aliphatic carbocycles. The van der Waals surface area contributed by atoms with Crippen molar-refractivity contribution in [2.45, 2.75) is 0 Å². The Morgan fingerprint density at radius 3 is 0.875 bits per heavy atom. The summed E-state index contributed by atoms with van der Waals surface area (Å²) in [4.78, 5) is 26.0. The highest BCUT2D eigenvalue weighted by atomic mass is 14.9. The Labute approximate surface area is 138 Å². The number of rotatable bonds is 3. The highest BCUT2D eigenvalue weighted by Crippen LogP contribution is 2.28. The first-order valence-corrected chi connectivity index (χ1v) is 7.37. The molecule has 6 heteroatoms. The lowest BCUT2D eigenvalue weighted by Gasteiger charge is -2.07. The van der Waals surface area contributed by atoms with Crippen LogP contribution >= 0.6 is 0 Å². The van der Waals surface area contributed by atoms with E-state index in [-0.39, 0.29) is 0 Å². The first kappa shape index (κ1) is 14.1. The lowest BCUT2D eigenvalue weighted by Crippen LogP contribution is -1.94. The summed E-state index contributed by atoms with van der Waals surface area (Å²) in [6, 6.07) is 11.3. The Bertz CT molecular complexity index is 803. The van der Waals surface area contributed by atoms with E-state index >= 15 is 0 Å². The number of hydrogen-bond donors (Lipinski definition) is 0. The van der Waals surface area contributed by atoms with Crippen LogP contribution in [0.3, 0.4) is 0 Å². The standard InChI is InChI=1S/C18H12N6/c1-4-19-16(20-5-1)13-10-14(17-21-6-2-7-22-17)12-15(11-13)18-23-8-3-9-24-18/h1-12H. The second-order valence-corrected chi connectivity index (χ2v) is 5.02. The van der Waals surface area contributed by atoms with Gasteiger partial charge in [-0.25, -0.2) is 29.9 Å². The summed E-state index contributed by atoms with van der Waals surface area (Å²) in [7, 11) is 0. The Hall–Kier alpha value is -3.54. The topological polar surface area (TPSA) is 77.3 Å². The monoisotopic (exact) mass is 312 g/mol. The molecule has 3 aromatic heterocycles. The Balaban J connectivity index is 1.92. The maximum Gasteiger partial charge on any atom is 0.159 e. The van der Waals surface area contributed by atoms with Crippen LogP contribution in [-0.4, -0.2) is 29.9 Å². The average molecular weight is 312 g/mol. The van der Waals surface area contributed by atoms with E-state index in [1.165, 1.54) is 0 Å². The minimum atomic E-state index is 0.632. The zero-order chi connectivity index (χ0) is 16.2. The smallest absolute Gasteiger partial charge is 0.159 e. The predicted octanol–water partition coefficient (Wildman–Crippen LogP) is 3.06. The molecule has 4 aromatic rings. The molecule has 0 amide bonds. The van der Waals surface area contributed by atoms with Gasteiger partial charge in [0.25, 0.3) is 0 Å². The van der Waals surface area contributed by atoms with Crippen LogP contribution in [0.2, 0.25) is 0 Å². The fraction of sp³-hybridized carbons (Fsp3) is 0. The molecule has 1 aromatic carbocycles. The van der Waals surface area contributed by atoms with Gasteiger partial charge in [0, 0.05) is 53.9 Å². The van der Waals surface area contributed by atoms with Crippen molar-refractivity contribution < 1.29 is 0 Å². The van der Waals surface area contributed by atoms with Gasteiger partial charge in [0.1, 0.15) is 0 Å². The molecule has 114 valence electrons. The van der Waals surface area contributed by atoms with Crippen LogP contribution in [0.15, 0.2) is 73.6 Å². The van der Waals surface area contributed by atoms with Crippen molar-refractivity contribution in [2.75, 3.05) is 0 Å². The molecule has 24 heavy (non-hydrogen) atoms. The molecule has 0 N–H and O–H groups in total. The number of nitrogens with zero attached hydrogens (tertiary/aromatic N) is 6. The third-order valence-corrected chi connectivity index (χ3v) is 3.40. The molecule has 0 radical (unpaired) electrons. The maximum atomic E-state index is 4.33. The quantitative estimate of drug-likeness (QED) is 0.578. The molecule has 0 spiro atoms. The number of hydrogen-bond acceptors (Lipinski definition) is 6. The maximum absolute atomic E-state index is 4.33. The van der Waals surface area contributed by atoms with Crippen LogP contribution in [0.5, 0.6) is 0 Å². The van der Waals surface area contributed by atoms with Crippen LogP contribution in [0.1, 0.15) is 0 Å². The SMILES string of the molecule is c1cnc(-c2cc(-c3ncccn3)cc(-c3ncccn3)c2)nc1. The average Bonchev–Trinajstić information content (AvgIpc) is 2.70. The van der Waals surface area contributed by atoms with E-state index in [1.54, 1.807) is 55.4 Å². The van der Waals surface area contributed by atoms with Crippen molar-refractivity contribution in [2.24, 2.45) is 0 Å². The molecule has 0 aliphatic rings. The highest BCUT2D eigenvalue weighted by Gasteiger charge is 2.11. The van der Waals surface area contributed by atoms with E-state index in [9.17, 15) is 0 Å². The molecule has 0 bridgehead atoms. The molecule has 3 heterocycles. The minimum Gasteiger partial charge on any atom is -0.237 e. The molecule has 0 unspecified atom stereocenters. The molecule has 0 atom stereocenters. The molecule has 0 saturated heterocycles. The Morgan fingerprint density at radius 2 is 0.625 bits per heavy atom. The fourth-order valence-electron chi connectivity index (χ4n) is 2.36. The van der Waals surface area contributed by atoms with Crippen molar-refractivity contribution in [1.29, 1.82) is 0 Å². The number of benzene rings is 1. The predicted molar refractivity (Wildman–Crippen MR) is 89.5 cm³/mol. The van der Waals surface area contributed by atoms with Gasteiger partial charge in [0.15, 0.2) is 17.5 Å². The van der Waals surface area contributed by atoms with Crippen LogP contribution < -0.4 is 0 Å². The van der Waals surface area contributed by atoms with E-state index in [0.29, 0.717) is 17.5 Å². The van der Waals surface area contributed by atoms with Crippen LogP contribution in [0, 0.1) is 0 Å². The summed E-state index contributed by atoms with van der Waals surface area (Å²) in [5, 5.41) is 0. The van der Waals surface area contributed by atoms with Gasteiger partial charge in [-0.15, -0.1) is 0 Å². The van der Waals surface area contributed by atoms with E-state index in [4.69, 9.17) is 0 Å². The van der Waals surface area contributed by atoms with Crippen molar-refractivity contribution in [3.05, 3.63) is 73.6 Å². The van der Waals surface area contributed by atoms with Crippen molar-refractivity contribution in [3.63, 3.8) is 0 Å².